The van der Waals surface area contributed by atoms with Gasteiger partial charge in [0.1, 0.15) is 5.82 Å². The SMILES string of the molecule is CN1CCCC(NCCc2ccccc2F)CC1. The van der Waals surface area contributed by atoms with Crippen molar-refractivity contribution in [2.24, 2.45) is 0 Å². The minimum atomic E-state index is -0.0834. The van der Waals surface area contributed by atoms with E-state index >= 15 is 0 Å². The average molecular weight is 250 g/mol. The Morgan fingerprint density at radius 2 is 2.11 bits per heavy atom. The van der Waals surface area contributed by atoms with Crippen LogP contribution in [0, 0.1) is 5.82 Å². The number of hydrogen-bond acceptors (Lipinski definition) is 2. The van der Waals surface area contributed by atoms with Crippen molar-refractivity contribution in [3.63, 3.8) is 0 Å². The van der Waals surface area contributed by atoms with Crippen LogP contribution in [0.25, 0.3) is 0 Å². The highest BCUT2D eigenvalue weighted by molar-refractivity contribution is 5.17. The summed E-state index contributed by atoms with van der Waals surface area (Å²) in [4.78, 5) is 2.39. The van der Waals surface area contributed by atoms with Crippen LogP contribution in [0.4, 0.5) is 4.39 Å². The third-order valence-corrected chi connectivity index (χ3v) is 3.74. The van der Waals surface area contributed by atoms with Gasteiger partial charge >= 0.3 is 0 Å². The number of rotatable bonds is 4. The molecule has 1 fully saturated rings. The van der Waals surface area contributed by atoms with E-state index in [2.05, 4.69) is 17.3 Å². The molecule has 0 aliphatic carbocycles. The number of hydrogen-bond donors (Lipinski definition) is 1. The van der Waals surface area contributed by atoms with Crippen LogP contribution in [0.2, 0.25) is 0 Å². The molecule has 1 aliphatic rings. The zero-order valence-corrected chi connectivity index (χ0v) is 11.2. The molecule has 1 heterocycles. The first-order valence-electron chi connectivity index (χ1n) is 6.91. The predicted octanol–water partition coefficient (Wildman–Crippen LogP) is 2.44. The Balaban J connectivity index is 1.73. The largest absolute Gasteiger partial charge is 0.314 e. The second kappa shape index (κ2) is 6.86. The summed E-state index contributed by atoms with van der Waals surface area (Å²) in [6.07, 6.45) is 4.47. The number of likely N-dealkylation sites (tertiary alicyclic amines) is 1. The fourth-order valence-electron chi connectivity index (χ4n) is 2.56. The van der Waals surface area contributed by atoms with Crippen molar-refractivity contribution in [2.75, 3.05) is 26.7 Å². The minimum absolute atomic E-state index is 0.0834. The van der Waals surface area contributed by atoms with Gasteiger partial charge in [-0.15, -0.1) is 0 Å². The highest BCUT2D eigenvalue weighted by atomic mass is 19.1. The zero-order valence-electron chi connectivity index (χ0n) is 11.2. The number of benzene rings is 1. The average Bonchev–Trinajstić information content (AvgIpc) is 2.57. The zero-order chi connectivity index (χ0) is 12.8. The molecule has 0 amide bonds. The van der Waals surface area contributed by atoms with E-state index in [0.717, 1.165) is 25.1 Å². The van der Waals surface area contributed by atoms with Gasteiger partial charge in [-0.1, -0.05) is 18.2 Å². The van der Waals surface area contributed by atoms with Crippen molar-refractivity contribution < 1.29 is 4.39 Å². The van der Waals surface area contributed by atoms with Gasteiger partial charge in [-0.25, -0.2) is 4.39 Å². The first kappa shape index (κ1) is 13.5. The second-order valence-corrected chi connectivity index (χ2v) is 5.23. The van der Waals surface area contributed by atoms with E-state index < -0.39 is 0 Å². The van der Waals surface area contributed by atoms with Crippen LogP contribution in [-0.4, -0.2) is 37.6 Å². The minimum Gasteiger partial charge on any atom is -0.314 e. The van der Waals surface area contributed by atoms with Crippen LogP contribution in [0.3, 0.4) is 0 Å². The lowest BCUT2D eigenvalue weighted by Crippen LogP contribution is -2.32. The molecule has 3 heteroatoms. The molecule has 1 aromatic rings. The fourth-order valence-corrected chi connectivity index (χ4v) is 2.56. The maximum Gasteiger partial charge on any atom is 0.126 e. The van der Waals surface area contributed by atoms with Crippen molar-refractivity contribution in [3.8, 4) is 0 Å². The van der Waals surface area contributed by atoms with Crippen LogP contribution in [0.5, 0.6) is 0 Å². The maximum absolute atomic E-state index is 13.4. The van der Waals surface area contributed by atoms with E-state index in [0.29, 0.717) is 6.04 Å². The van der Waals surface area contributed by atoms with Crippen LogP contribution < -0.4 is 5.32 Å². The van der Waals surface area contributed by atoms with Crippen molar-refractivity contribution in [2.45, 2.75) is 31.7 Å². The summed E-state index contributed by atoms with van der Waals surface area (Å²) in [5.41, 5.74) is 0.815. The van der Waals surface area contributed by atoms with Crippen molar-refractivity contribution in [1.29, 1.82) is 0 Å². The molecule has 1 atom stereocenters. The molecule has 1 aromatic carbocycles. The van der Waals surface area contributed by atoms with E-state index in [-0.39, 0.29) is 5.82 Å². The van der Waals surface area contributed by atoms with Crippen LogP contribution in [0.1, 0.15) is 24.8 Å². The summed E-state index contributed by atoms with van der Waals surface area (Å²) in [7, 11) is 2.18. The molecule has 1 unspecified atom stereocenters. The molecule has 0 spiro atoms. The van der Waals surface area contributed by atoms with Crippen LogP contribution >= 0.6 is 0 Å². The third kappa shape index (κ3) is 4.07. The van der Waals surface area contributed by atoms with E-state index in [4.69, 9.17) is 0 Å². The third-order valence-electron chi connectivity index (χ3n) is 3.74. The van der Waals surface area contributed by atoms with Gasteiger partial charge in [0.25, 0.3) is 0 Å². The summed E-state index contributed by atoms with van der Waals surface area (Å²) in [6, 6.07) is 7.65. The fraction of sp³-hybridized carbons (Fsp3) is 0.600. The summed E-state index contributed by atoms with van der Waals surface area (Å²) < 4.78 is 13.4. The Morgan fingerprint density at radius 3 is 2.94 bits per heavy atom. The highest BCUT2D eigenvalue weighted by Crippen LogP contribution is 2.10. The molecule has 1 saturated heterocycles. The predicted molar refractivity (Wildman–Crippen MR) is 73.2 cm³/mol. The van der Waals surface area contributed by atoms with Gasteiger partial charge in [0.05, 0.1) is 0 Å². The maximum atomic E-state index is 13.4. The van der Waals surface area contributed by atoms with Gasteiger partial charge in [-0.2, -0.15) is 0 Å². The van der Waals surface area contributed by atoms with Gasteiger partial charge in [0.15, 0.2) is 0 Å². The Kier molecular flexibility index (Phi) is 5.14. The summed E-state index contributed by atoms with van der Waals surface area (Å²) in [6.45, 7) is 3.23. The normalized spacial score (nSPS) is 21.8. The van der Waals surface area contributed by atoms with Crippen LogP contribution in [0.15, 0.2) is 24.3 Å². The molecule has 0 saturated carbocycles. The molecule has 100 valence electrons. The number of halogens is 1. The molecule has 1 N–H and O–H groups in total. The first-order valence-corrected chi connectivity index (χ1v) is 6.91. The van der Waals surface area contributed by atoms with Crippen molar-refractivity contribution in [1.82, 2.24) is 10.2 Å². The van der Waals surface area contributed by atoms with Crippen molar-refractivity contribution >= 4 is 0 Å². The quantitative estimate of drug-likeness (QED) is 0.883. The first-order chi connectivity index (χ1) is 8.75. The number of nitrogens with zero attached hydrogens (tertiary/aromatic N) is 1. The van der Waals surface area contributed by atoms with Crippen LogP contribution in [-0.2, 0) is 6.42 Å². The van der Waals surface area contributed by atoms with Crippen molar-refractivity contribution in [3.05, 3.63) is 35.6 Å². The Bertz CT molecular complexity index is 367. The summed E-state index contributed by atoms with van der Waals surface area (Å²) >= 11 is 0. The molecule has 1 aliphatic heterocycles. The van der Waals surface area contributed by atoms with Gasteiger partial charge in [0, 0.05) is 6.04 Å². The number of nitrogens with one attached hydrogen (secondary N) is 1. The molecule has 0 radical (unpaired) electrons. The topological polar surface area (TPSA) is 15.3 Å². The lowest BCUT2D eigenvalue weighted by molar-refractivity contribution is 0.344. The Morgan fingerprint density at radius 1 is 1.28 bits per heavy atom. The smallest absolute Gasteiger partial charge is 0.126 e. The van der Waals surface area contributed by atoms with Gasteiger partial charge in [0.2, 0.25) is 0 Å². The summed E-state index contributed by atoms with van der Waals surface area (Å²) in [5, 5.41) is 3.56. The molecule has 2 rings (SSSR count). The monoisotopic (exact) mass is 250 g/mol. The molecular formula is C15H23FN2. The van der Waals surface area contributed by atoms with Gasteiger partial charge in [-0.3, -0.25) is 0 Å². The summed E-state index contributed by atoms with van der Waals surface area (Å²) in [5.74, 6) is -0.0834. The Labute approximate surface area is 109 Å². The molecule has 0 aromatic heterocycles. The van der Waals surface area contributed by atoms with E-state index in [9.17, 15) is 4.39 Å². The van der Waals surface area contributed by atoms with E-state index in [1.165, 1.54) is 31.9 Å². The molecule has 0 bridgehead atoms. The van der Waals surface area contributed by atoms with E-state index in [1.807, 2.05) is 12.1 Å². The Hall–Kier alpha value is -0.930. The molecular weight excluding hydrogens is 227 g/mol. The molecule has 18 heavy (non-hydrogen) atoms. The standard InChI is InChI=1S/C15H23FN2/c1-18-11-4-6-14(9-12-18)17-10-8-13-5-2-3-7-15(13)16/h2-3,5,7,14,17H,4,6,8-12H2,1H3. The lowest BCUT2D eigenvalue weighted by Gasteiger charge is -2.16. The lowest BCUT2D eigenvalue weighted by atomic mass is 10.1. The highest BCUT2D eigenvalue weighted by Gasteiger charge is 2.13. The van der Waals surface area contributed by atoms with Gasteiger partial charge in [-0.05, 0) is 64.0 Å². The molecule has 2 nitrogen and oxygen atoms in total. The van der Waals surface area contributed by atoms with E-state index in [1.54, 1.807) is 6.07 Å². The second-order valence-electron chi connectivity index (χ2n) is 5.23. The van der Waals surface area contributed by atoms with Gasteiger partial charge < -0.3 is 10.2 Å².